The predicted molar refractivity (Wildman–Crippen MR) is 73.3 cm³/mol. The molecule has 0 aliphatic rings. The van der Waals surface area contributed by atoms with Crippen molar-refractivity contribution in [3.63, 3.8) is 0 Å². The number of terminal acetylenes is 1. The quantitative estimate of drug-likeness (QED) is 0.167. The van der Waals surface area contributed by atoms with Gasteiger partial charge < -0.3 is 9.47 Å². The zero-order valence-corrected chi connectivity index (χ0v) is 11.2. The first-order valence-corrected chi connectivity index (χ1v) is 5.83. The largest absolute Gasteiger partial charge is 0.463 e. The first-order chi connectivity index (χ1) is 9.13. The monoisotopic (exact) mass is 262 g/mol. The molecule has 0 saturated heterocycles. The molecule has 0 aliphatic heterocycles. The van der Waals surface area contributed by atoms with Crippen LogP contribution in [0.25, 0.3) is 0 Å². The molecule has 0 rings (SSSR count). The van der Waals surface area contributed by atoms with Gasteiger partial charge in [0, 0.05) is 11.6 Å². The number of esters is 1. The minimum absolute atomic E-state index is 0.159. The molecule has 0 radical (unpaired) electrons. The first kappa shape index (κ1) is 16.9. The summed E-state index contributed by atoms with van der Waals surface area (Å²) in [5.41, 5.74) is 1.28. The van der Waals surface area contributed by atoms with Crippen LogP contribution in [0.15, 0.2) is 35.5 Å². The molecule has 0 aliphatic carbocycles. The highest BCUT2D eigenvalue weighted by Gasteiger charge is 1.96. The Balaban J connectivity index is 4.11. The lowest BCUT2D eigenvalue weighted by molar-refractivity contribution is -0.137. The molecule has 0 bridgehead atoms. The zero-order chi connectivity index (χ0) is 14.5. The van der Waals surface area contributed by atoms with Crippen LogP contribution in [0.5, 0.6) is 0 Å². The molecule has 0 aromatic carbocycles. The van der Waals surface area contributed by atoms with Crippen LogP contribution in [0.1, 0.15) is 13.8 Å². The van der Waals surface area contributed by atoms with Crippen molar-refractivity contribution in [1.82, 2.24) is 0 Å². The molecule has 4 heteroatoms. The molecule has 0 atom stereocenters. The molecule has 0 saturated carbocycles. The SMILES string of the molecule is C#C/C=C(C)\C=C(\C=O)COC/C=C/C(=O)OCC. The predicted octanol–water partition coefficient (Wildman–Crippen LogP) is 1.83. The molecular weight excluding hydrogens is 244 g/mol. The van der Waals surface area contributed by atoms with Crippen molar-refractivity contribution in [2.75, 3.05) is 19.8 Å². The second-order valence-electron chi connectivity index (χ2n) is 3.56. The van der Waals surface area contributed by atoms with Crippen LogP contribution in [-0.4, -0.2) is 32.1 Å². The van der Waals surface area contributed by atoms with E-state index in [9.17, 15) is 9.59 Å². The minimum Gasteiger partial charge on any atom is -0.463 e. The van der Waals surface area contributed by atoms with Crippen molar-refractivity contribution < 1.29 is 19.1 Å². The molecule has 0 amide bonds. The van der Waals surface area contributed by atoms with E-state index in [0.717, 1.165) is 5.57 Å². The molecular formula is C15H18O4. The van der Waals surface area contributed by atoms with Crippen LogP contribution < -0.4 is 0 Å². The number of carbonyl (C=O) groups is 2. The van der Waals surface area contributed by atoms with Crippen LogP contribution in [0.3, 0.4) is 0 Å². The lowest BCUT2D eigenvalue weighted by atomic mass is 10.2. The van der Waals surface area contributed by atoms with Gasteiger partial charge in [0.05, 0.1) is 19.8 Å². The standard InChI is InChI=1S/C15H18O4/c1-4-7-13(3)10-14(11-16)12-18-9-6-8-15(17)19-5-2/h1,6-8,10-11H,5,9,12H2,2-3H3/b8-6+,13-7-,14-10-. The second-order valence-corrected chi connectivity index (χ2v) is 3.56. The van der Waals surface area contributed by atoms with Gasteiger partial charge in [-0.25, -0.2) is 4.79 Å². The molecule has 102 valence electrons. The number of rotatable bonds is 8. The average Bonchev–Trinajstić information content (AvgIpc) is 2.37. The minimum atomic E-state index is -0.412. The van der Waals surface area contributed by atoms with Gasteiger partial charge in [0.15, 0.2) is 0 Å². The zero-order valence-electron chi connectivity index (χ0n) is 11.2. The lowest BCUT2D eigenvalue weighted by Crippen LogP contribution is -2.02. The van der Waals surface area contributed by atoms with Gasteiger partial charge in [-0.05, 0) is 31.6 Å². The van der Waals surface area contributed by atoms with Crippen molar-refractivity contribution in [3.8, 4) is 12.3 Å². The first-order valence-electron chi connectivity index (χ1n) is 5.83. The molecule has 0 N–H and O–H groups in total. The summed E-state index contributed by atoms with van der Waals surface area (Å²) in [6.45, 7) is 4.25. The van der Waals surface area contributed by atoms with Crippen molar-refractivity contribution >= 4 is 12.3 Å². The van der Waals surface area contributed by atoms with E-state index >= 15 is 0 Å². The topological polar surface area (TPSA) is 52.6 Å². The summed E-state index contributed by atoms with van der Waals surface area (Å²) >= 11 is 0. The fourth-order valence-corrected chi connectivity index (χ4v) is 1.15. The maximum atomic E-state index is 11.0. The molecule has 0 spiro atoms. The molecule has 0 aromatic heterocycles. The summed E-state index contributed by atoms with van der Waals surface area (Å²) in [5, 5.41) is 0. The number of allylic oxidation sites excluding steroid dienone is 3. The Morgan fingerprint density at radius 3 is 2.74 bits per heavy atom. The summed E-state index contributed by atoms with van der Waals surface area (Å²) in [7, 11) is 0. The van der Waals surface area contributed by atoms with Crippen molar-refractivity contribution in [2.45, 2.75) is 13.8 Å². The number of aldehydes is 1. The summed E-state index contributed by atoms with van der Waals surface area (Å²) in [6, 6.07) is 0. The Morgan fingerprint density at radius 2 is 2.16 bits per heavy atom. The van der Waals surface area contributed by atoms with E-state index in [4.69, 9.17) is 15.9 Å². The van der Waals surface area contributed by atoms with Gasteiger partial charge in [-0.2, -0.15) is 0 Å². The lowest BCUT2D eigenvalue weighted by Gasteiger charge is -2.01. The van der Waals surface area contributed by atoms with Crippen LogP contribution in [-0.2, 0) is 19.1 Å². The molecule has 19 heavy (non-hydrogen) atoms. The summed E-state index contributed by atoms with van der Waals surface area (Å²) < 4.78 is 9.92. The Bertz CT molecular complexity index is 422. The van der Waals surface area contributed by atoms with Gasteiger partial charge in [0.2, 0.25) is 0 Å². The third-order valence-electron chi connectivity index (χ3n) is 1.90. The smallest absolute Gasteiger partial charge is 0.330 e. The normalized spacial score (nSPS) is 12.3. The Hall–Kier alpha value is -2.12. The molecule has 0 aromatic rings. The van der Waals surface area contributed by atoms with Gasteiger partial charge in [0.25, 0.3) is 0 Å². The van der Waals surface area contributed by atoms with Crippen molar-refractivity contribution in [1.29, 1.82) is 0 Å². The third kappa shape index (κ3) is 9.57. The van der Waals surface area contributed by atoms with Crippen molar-refractivity contribution in [2.24, 2.45) is 0 Å². The Kier molecular flexibility index (Phi) is 9.77. The highest BCUT2D eigenvalue weighted by Crippen LogP contribution is 2.00. The molecule has 0 heterocycles. The van der Waals surface area contributed by atoms with E-state index in [2.05, 4.69) is 5.92 Å². The molecule has 4 nitrogen and oxygen atoms in total. The van der Waals surface area contributed by atoms with Crippen molar-refractivity contribution in [3.05, 3.63) is 35.5 Å². The van der Waals surface area contributed by atoms with E-state index < -0.39 is 5.97 Å². The summed E-state index contributed by atoms with van der Waals surface area (Å²) in [4.78, 5) is 21.7. The van der Waals surface area contributed by atoms with Gasteiger partial charge in [0.1, 0.15) is 6.29 Å². The van der Waals surface area contributed by atoms with E-state index in [0.29, 0.717) is 18.5 Å². The highest BCUT2D eigenvalue weighted by molar-refractivity contribution is 5.81. The van der Waals surface area contributed by atoms with E-state index in [1.807, 2.05) is 0 Å². The van der Waals surface area contributed by atoms with Crippen LogP contribution in [0.4, 0.5) is 0 Å². The number of hydrogen-bond donors (Lipinski definition) is 0. The van der Waals surface area contributed by atoms with Gasteiger partial charge in [-0.1, -0.05) is 12.0 Å². The Morgan fingerprint density at radius 1 is 1.42 bits per heavy atom. The summed E-state index contributed by atoms with van der Waals surface area (Å²) in [5.74, 6) is 1.96. The fourth-order valence-electron chi connectivity index (χ4n) is 1.15. The van der Waals surface area contributed by atoms with Gasteiger partial charge in [-0.3, -0.25) is 4.79 Å². The van der Waals surface area contributed by atoms with Gasteiger partial charge >= 0.3 is 5.97 Å². The highest BCUT2D eigenvalue weighted by atomic mass is 16.5. The number of carbonyl (C=O) groups excluding carboxylic acids is 2. The van der Waals surface area contributed by atoms with Crippen LogP contribution in [0.2, 0.25) is 0 Å². The molecule has 0 unspecified atom stereocenters. The van der Waals surface area contributed by atoms with E-state index in [1.54, 1.807) is 26.0 Å². The second kappa shape index (κ2) is 11.0. The van der Waals surface area contributed by atoms with E-state index in [1.165, 1.54) is 12.2 Å². The maximum Gasteiger partial charge on any atom is 0.330 e. The summed E-state index contributed by atoms with van der Waals surface area (Å²) in [6.07, 6.45) is 11.9. The maximum absolute atomic E-state index is 11.0. The molecule has 0 fully saturated rings. The van der Waals surface area contributed by atoms with Crippen LogP contribution in [0, 0.1) is 12.3 Å². The number of ether oxygens (including phenoxy) is 2. The van der Waals surface area contributed by atoms with Crippen LogP contribution >= 0.6 is 0 Å². The average molecular weight is 262 g/mol. The van der Waals surface area contributed by atoms with Gasteiger partial charge in [-0.15, -0.1) is 6.42 Å². The Labute approximate surface area is 113 Å². The number of hydrogen-bond acceptors (Lipinski definition) is 4. The third-order valence-corrected chi connectivity index (χ3v) is 1.90. The van der Waals surface area contributed by atoms with E-state index in [-0.39, 0.29) is 13.2 Å². The fraction of sp³-hybridized carbons (Fsp3) is 0.333.